The zero-order valence-corrected chi connectivity index (χ0v) is 14.3. The smallest absolute Gasteiger partial charge is 0.178 e. The molecule has 1 saturated carbocycles. The van der Waals surface area contributed by atoms with Crippen LogP contribution in [0, 0.1) is 5.92 Å². The first-order valence-electron chi connectivity index (χ1n) is 7.97. The number of nitrogens with zero attached hydrogens (tertiary/aromatic N) is 1. The van der Waals surface area contributed by atoms with Crippen LogP contribution < -0.4 is 10.6 Å². The quantitative estimate of drug-likeness (QED) is 0.658. The summed E-state index contributed by atoms with van der Waals surface area (Å²) in [4.78, 5) is 16.8. The number of thioether (sulfide) groups is 1. The Balaban J connectivity index is 1.88. The molecule has 116 valence electrons. The van der Waals surface area contributed by atoms with Gasteiger partial charge in [-0.15, -0.1) is 23.1 Å². The molecule has 2 N–H and O–H groups in total. The summed E-state index contributed by atoms with van der Waals surface area (Å²) in [6.45, 7) is 2.20. The first kappa shape index (κ1) is 15.2. The maximum Gasteiger partial charge on any atom is 0.178 e. The Morgan fingerprint density at radius 1 is 1.19 bits per heavy atom. The van der Waals surface area contributed by atoms with Crippen LogP contribution in [0.2, 0.25) is 0 Å². The predicted octanol–water partition coefficient (Wildman–Crippen LogP) is 4.42. The van der Waals surface area contributed by atoms with Crippen molar-refractivity contribution in [2.45, 2.75) is 49.8 Å². The summed E-state index contributed by atoms with van der Waals surface area (Å²) in [5.41, 5.74) is 7.04. The van der Waals surface area contributed by atoms with Crippen LogP contribution in [0.4, 0.5) is 10.7 Å². The van der Waals surface area contributed by atoms with E-state index in [1.165, 1.54) is 37.1 Å². The number of anilines is 2. The average Bonchev–Trinajstić information content (AvgIpc) is 3.22. The molecule has 0 unspecified atom stereocenters. The molecule has 1 aromatic heterocycles. The molecule has 0 spiro atoms. The molecule has 0 amide bonds. The molecular weight excluding hydrogens is 300 g/mol. The molecule has 0 atom stereocenters. The van der Waals surface area contributed by atoms with Crippen molar-refractivity contribution in [2.24, 2.45) is 5.92 Å². The predicted molar refractivity (Wildman–Crippen MR) is 92.9 cm³/mol. The van der Waals surface area contributed by atoms with Crippen LogP contribution in [-0.4, -0.2) is 25.1 Å². The highest BCUT2D eigenvalue weighted by Gasteiger charge is 2.34. The molecule has 2 fully saturated rings. The summed E-state index contributed by atoms with van der Waals surface area (Å²) in [5, 5.41) is 1.24. The Morgan fingerprint density at radius 3 is 2.38 bits per heavy atom. The second-order valence-electron chi connectivity index (χ2n) is 6.08. The van der Waals surface area contributed by atoms with E-state index < -0.39 is 0 Å². The van der Waals surface area contributed by atoms with Gasteiger partial charge in [-0.1, -0.05) is 19.3 Å². The van der Waals surface area contributed by atoms with Gasteiger partial charge in [-0.2, -0.15) is 0 Å². The van der Waals surface area contributed by atoms with Gasteiger partial charge in [0, 0.05) is 19.0 Å². The van der Waals surface area contributed by atoms with Crippen molar-refractivity contribution in [1.29, 1.82) is 0 Å². The fraction of sp³-hybridized carbons (Fsp3) is 0.688. The molecule has 1 saturated heterocycles. The summed E-state index contributed by atoms with van der Waals surface area (Å²) in [6.07, 6.45) is 10.7. The molecule has 3 nitrogen and oxygen atoms in total. The fourth-order valence-electron chi connectivity index (χ4n) is 2.99. The third kappa shape index (κ3) is 3.24. The summed E-state index contributed by atoms with van der Waals surface area (Å²) in [7, 11) is 0. The second kappa shape index (κ2) is 6.61. The molecule has 2 heterocycles. The highest BCUT2D eigenvalue weighted by molar-refractivity contribution is 7.99. The average molecular weight is 325 g/mol. The molecule has 1 aliphatic heterocycles. The van der Waals surface area contributed by atoms with E-state index in [0.717, 1.165) is 41.4 Å². The zero-order chi connectivity index (χ0) is 14.8. The lowest BCUT2D eigenvalue weighted by Gasteiger charge is -2.26. The van der Waals surface area contributed by atoms with Crippen molar-refractivity contribution in [3.05, 3.63) is 4.88 Å². The minimum Gasteiger partial charge on any atom is -0.396 e. The number of hydrogen-bond donors (Lipinski definition) is 1. The number of carbonyl (C=O) groups is 1. The van der Waals surface area contributed by atoms with Gasteiger partial charge in [0.2, 0.25) is 0 Å². The summed E-state index contributed by atoms with van der Waals surface area (Å²) in [5.74, 6) is 0.534. The highest BCUT2D eigenvalue weighted by atomic mass is 32.2. The minimum absolute atomic E-state index is 0.251. The van der Waals surface area contributed by atoms with Gasteiger partial charge in [-0.05, 0) is 31.9 Å². The monoisotopic (exact) mass is 324 g/mol. The van der Waals surface area contributed by atoms with Crippen LogP contribution in [0.15, 0.2) is 4.90 Å². The molecule has 3 rings (SSSR count). The van der Waals surface area contributed by atoms with E-state index in [4.69, 9.17) is 5.73 Å². The first-order chi connectivity index (χ1) is 10.2. The SMILES string of the molecule is CSc1c(N2CCCCCCC2)sc(C(=O)C2CC2)c1N. The molecule has 0 aromatic carbocycles. The summed E-state index contributed by atoms with van der Waals surface area (Å²) in [6, 6.07) is 0. The van der Waals surface area contributed by atoms with E-state index >= 15 is 0 Å². The standard InChI is InChI=1S/C16H24N2OS2/c1-20-15-12(17)14(13(19)11-7-8-11)21-16(15)18-9-5-3-2-4-6-10-18/h11H,2-10,17H2,1H3. The van der Waals surface area contributed by atoms with Crippen LogP contribution in [0.25, 0.3) is 0 Å². The number of nitrogen functional groups attached to an aromatic ring is 1. The largest absolute Gasteiger partial charge is 0.396 e. The molecule has 1 aliphatic carbocycles. The van der Waals surface area contributed by atoms with Crippen LogP contribution in [-0.2, 0) is 0 Å². The van der Waals surface area contributed by atoms with Gasteiger partial charge in [0.25, 0.3) is 0 Å². The Labute approximate surface area is 135 Å². The lowest BCUT2D eigenvalue weighted by Crippen LogP contribution is -2.26. The van der Waals surface area contributed by atoms with E-state index in [2.05, 4.69) is 11.2 Å². The fourth-order valence-corrected chi connectivity index (χ4v) is 5.24. The summed E-state index contributed by atoms with van der Waals surface area (Å²) < 4.78 is 0. The van der Waals surface area contributed by atoms with E-state index in [-0.39, 0.29) is 11.7 Å². The number of ketones is 1. The van der Waals surface area contributed by atoms with Gasteiger partial charge in [-0.3, -0.25) is 4.79 Å². The molecule has 1 aromatic rings. The van der Waals surface area contributed by atoms with Crippen LogP contribution >= 0.6 is 23.1 Å². The van der Waals surface area contributed by atoms with Crippen molar-refractivity contribution < 1.29 is 4.79 Å². The normalized spacial score (nSPS) is 20.1. The lowest BCUT2D eigenvalue weighted by molar-refractivity contribution is 0.0972. The van der Waals surface area contributed by atoms with Gasteiger partial charge in [0.15, 0.2) is 5.78 Å². The molecular formula is C16H24N2OS2. The Hall–Kier alpha value is -0.680. The van der Waals surface area contributed by atoms with Crippen molar-refractivity contribution in [3.8, 4) is 0 Å². The van der Waals surface area contributed by atoms with Gasteiger partial charge >= 0.3 is 0 Å². The van der Waals surface area contributed by atoms with E-state index in [1.54, 1.807) is 23.1 Å². The van der Waals surface area contributed by atoms with E-state index in [1.807, 2.05) is 0 Å². The molecule has 0 radical (unpaired) electrons. The summed E-state index contributed by atoms with van der Waals surface area (Å²) >= 11 is 3.33. The van der Waals surface area contributed by atoms with Crippen molar-refractivity contribution in [1.82, 2.24) is 0 Å². The Kier molecular flexibility index (Phi) is 4.79. The number of rotatable bonds is 4. The van der Waals surface area contributed by atoms with Gasteiger partial charge in [0.1, 0.15) is 5.00 Å². The molecule has 5 heteroatoms. The van der Waals surface area contributed by atoms with E-state index in [0.29, 0.717) is 0 Å². The highest BCUT2D eigenvalue weighted by Crippen LogP contribution is 2.47. The Morgan fingerprint density at radius 2 is 1.81 bits per heavy atom. The third-order valence-electron chi connectivity index (χ3n) is 4.40. The first-order valence-corrected chi connectivity index (χ1v) is 10.0. The Bertz CT molecular complexity index is 515. The topological polar surface area (TPSA) is 46.3 Å². The molecule has 2 aliphatic rings. The lowest BCUT2D eigenvalue weighted by atomic mass is 10.1. The number of hydrogen-bond acceptors (Lipinski definition) is 5. The van der Waals surface area contributed by atoms with E-state index in [9.17, 15) is 4.79 Å². The third-order valence-corrected chi connectivity index (χ3v) is 6.63. The van der Waals surface area contributed by atoms with Crippen molar-refractivity contribution >= 4 is 39.6 Å². The maximum absolute atomic E-state index is 12.4. The van der Waals surface area contributed by atoms with Gasteiger partial charge in [0.05, 0.1) is 15.5 Å². The number of carbonyl (C=O) groups excluding carboxylic acids is 1. The second-order valence-corrected chi connectivity index (χ2v) is 7.89. The van der Waals surface area contributed by atoms with Crippen LogP contribution in [0.1, 0.15) is 54.6 Å². The molecule has 21 heavy (non-hydrogen) atoms. The van der Waals surface area contributed by atoms with Crippen molar-refractivity contribution in [2.75, 3.05) is 30.0 Å². The maximum atomic E-state index is 12.4. The van der Waals surface area contributed by atoms with Gasteiger partial charge in [-0.25, -0.2) is 0 Å². The van der Waals surface area contributed by atoms with Gasteiger partial charge < -0.3 is 10.6 Å². The minimum atomic E-state index is 0.251. The molecule has 0 bridgehead atoms. The van der Waals surface area contributed by atoms with Crippen LogP contribution in [0.3, 0.4) is 0 Å². The van der Waals surface area contributed by atoms with Crippen LogP contribution in [0.5, 0.6) is 0 Å². The number of thiophene rings is 1. The number of Topliss-reactive ketones (excluding diaryl/α,β-unsaturated/α-hetero) is 1. The van der Waals surface area contributed by atoms with Crippen molar-refractivity contribution in [3.63, 3.8) is 0 Å². The number of nitrogens with two attached hydrogens (primary N) is 1. The zero-order valence-electron chi connectivity index (χ0n) is 12.7.